The Labute approximate surface area is 118 Å². The molecule has 8 heteroatoms. The first-order valence-electron chi connectivity index (χ1n) is 5.19. The van der Waals surface area contributed by atoms with Crippen LogP contribution in [0.15, 0.2) is 0 Å². The zero-order chi connectivity index (χ0) is 14.5. The number of nitrogens with zero attached hydrogens (tertiary/aromatic N) is 2. The van der Waals surface area contributed by atoms with Crippen LogP contribution in [0.2, 0.25) is 0 Å². The van der Waals surface area contributed by atoms with Crippen LogP contribution in [0, 0.1) is 0 Å². The van der Waals surface area contributed by atoms with Crippen LogP contribution in [0.5, 0.6) is 0 Å². The van der Waals surface area contributed by atoms with Gasteiger partial charge in [0, 0.05) is 0 Å². The lowest BCUT2D eigenvalue weighted by Gasteiger charge is -2.19. The molecule has 0 aromatic carbocycles. The summed E-state index contributed by atoms with van der Waals surface area (Å²) in [4.78, 5) is 3.63. The Morgan fingerprint density at radius 3 is 1.22 bits per heavy atom. The van der Waals surface area contributed by atoms with E-state index in [1.165, 1.54) is 0 Å². The molecule has 0 atom stereocenters. The lowest BCUT2D eigenvalue weighted by atomic mass is 10.9. The van der Waals surface area contributed by atoms with E-state index in [1.807, 2.05) is 63.0 Å². The summed E-state index contributed by atoms with van der Waals surface area (Å²) in [6.07, 6.45) is 8.03. The Bertz CT molecular complexity index is 337. The van der Waals surface area contributed by atoms with Crippen molar-refractivity contribution >= 4 is 42.7 Å². The van der Waals surface area contributed by atoms with Crippen LogP contribution in [0.25, 0.3) is 0 Å². The summed E-state index contributed by atoms with van der Waals surface area (Å²) in [5.41, 5.74) is 0. The zero-order valence-corrected chi connectivity index (χ0v) is 14.8. The molecule has 0 amide bonds. The Kier molecular flexibility index (Phi) is 8.78. The normalized spacial score (nSPS) is 12.3. The van der Waals surface area contributed by atoms with Crippen LogP contribution in [-0.2, 0) is 19.7 Å². The third kappa shape index (κ3) is 6.55. The lowest BCUT2D eigenvalue weighted by molar-refractivity contribution is 0.389. The smallest absolute Gasteiger partial charge is 0.255 e. The number of rotatable bonds is 2. The summed E-state index contributed by atoms with van der Waals surface area (Å²) in [7, 11) is 7.22. The van der Waals surface area contributed by atoms with E-state index in [0.29, 0.717) is 10.3 Å². The van der Waals surface area contributed by atoms with Crippen LogP contribution in [0.3, 0.4) is 0 Å². The molecule has 0 N–H and O–H groups in total. The predicted molar refractivity (Wildman–Crippen MR) is 86.6 cm³/mol. The van der Waals surface area contributed by atoms with E-state index in [9.17, 15) is 4.21 Å². The summed E-state index contributed by atoms with van der Waals surface area (Å²) in [6.45, 7) is 0. The Hall–Kier alpha value is 0.430. The average molecular weight is 317 g/mol. The molecule has 0 aromatic rings. The fraction of sp³-hybridized carbons (Fsp3) is 0.800. The van der Waals surface area contributed by atoms with Crippen LogP contribution in [0.4, 0.5) is 0 Å². The molecule has 0 aliphatic carbocycles. The highest BCUT2D eigenvalue weighted by Gasteiger charge is 2.14. The fourth-order valence-corrected chi connectivity index (χ4v) is 4.60. The minimum absolute atomic E-state index is 0.114. The predicted octanol–water partition coefficient (Wildman–Crippen LogP) is 0.953. The van der Waals surface area contributed by atoms with Gasteiger partial charge in [-0.15, -0.1) is 21.0 Å². The second-order valence-electron chi connectivity index (χ2n) is 4.32. The minimum atomic E-state index is -1.81. The summed E-state index contributed by atoms with van der Waals surface area (Å²) >= 11 is -1.81. The summed E-state index contributed by atoms with van der Waals surface area (Å²) < 4.78 is 22.6. The molecule has 0 fully saturated rings. The van der Waals surface area contributed by atoms with E-state index >= 15 is 0 Å². The minimum Gasteiger partial charge on any atom is -0.255 e. The largest absolute Gasteiger partial charge is 0.318 e. The van der Waals surface area contributed by atoms with Crippen molar-refractivity contribution in [3.8, 4) is 0 Å². The number of hydrogen-bond donors (Lipinski definition) is 0. The molecule has 0 aromatic heterocycles. The molecule has 0 aliphatic heterocycles. The molecule has 0 aliphatic rings. The van der Waals surface area contributed by atoms with E-state index in [-0.39, 0.29) is 21.0 Å². The van der Waals surface area contributed by atoms with Crippen LogP contribution in [0.1, 0.15) is 0 Å². The van der Waals surface area contributed by atoms with E-state index in [1.54, 1.807) is 0 Å². The molecular weight excluding hydrogens is 292 g/mol. The summed E-state index contributed by atoms with van der Waals surface area (Å²) in [6, 6.07) is 0. The van der Waals surface area contributed by atoms with Gasteiger partial charge in [-0.05, 0) is 53.2 Å². The van der Waals surface area contributed by atoms with Crippen LogP contribution < -0.4 is 0 Å². The van der Waals surface area contributed by atoms with Gasteiger partial charge in [0.15, 0.2) is 10.3 Å². The van der Waals surface area contributed by atoms with Gasteiger partial charge in [-0.3, -0.25) is 9.80 Å². The van der Waals surface area contributed by atoms with Gasteiger partial charge in [-0.2, -0.15) is 4.21 Å². The van der Waals surface area contributed by atoms with Gasteiger partial charge >= 0.3 is 11.4 Å². The van der Waals surface area contributed by atoms with Crippen molar-refractivity contribution in [2.45, 2.75) is 0 Å². The van der Waals surface area contributed by atoms with E-state index in [4.69, 9.17) is 8.37 Å². The quantitative estimate of drug-likeness (QED) is 0.710. The fourth-order valence-electron chi connectivity index (χ4n) is 1.15. The summed E-state index contributed by atoms with van der Waals surface area (Å²) in [5.74, 6) is 0. The molecule has 0 saturated heterocycles. The highest BCUT2D eigenvalue weighted by atomic mass is 32.2. The molecule has 0 saturated carbocycles. The second kappa shape index (κ2) is 8.57. The van der Waals surface area contributed by atoms with Crippen molar-refractivity contribution in [1.29, 1.82) is 0 Å². The molecule has 5 nitrogen and oxygen atoms in total. The van der Waals surface area contributed by atoms with Crippen molar-refractivity contribution in [3.05, 3.63) is 0 Å². The zero-order valence-electron chi connectivity index (χ0n) is 12.3. The average Bonchev–Trinajstić information content (AvgIpc) is 2.20. The highest BCUT2D eigenvalue weighted by Crippen LogP contribution is 2.12. The third-order valence-corrected chi connectivity index (χ3v) is 4.80. The molecular formula is C10H24N2O3S3. The molecule has 0 spiro atoms. The van der Waals surface area contributed by atoms with Crippen molar-refractivity contribution in [2.75, 3.05) is 53.2 Å². The van der Waals surface area contributed by atoms with Crippen molar-refractivity contribution < 1.29 is 12.6 Å². The first-order valence-corrected chi connectivity index (χ1v) is 10.3. The Morgan fingerprint density at radius 1 is 0.778 bits per heavy atom. The van der Waals surface area contributed by atoms with Crippen LogP contribution >= 0.6 is 21.0 Å². The molecule has 18 heavy (non-hydrogen) atoms. The van der Waals surface area contributed by atoms with Gasteiger partial charge in [0.2, 0.25) is 0 Å². The highest BCUT2D eigenvalue weighted by molar-refractivity contribution is 8.15. The molecule has 0 bridgehead atoms. The van der Waals surface area contributed by atoms with E-state index in [0.717, 1.165) is 0 Å². The first kappa shape index (κ1) is 18.4. The van der Waals surface area contributed by atoms with Gasteiger partial charge in [0.25, 0.3) is 0 Å². The Balaban J connectivity index is 4.82. The molecule has 0 rings (SSSR count). The maximum Gasteiger partial charge on any atom is 0.318 e. The van der Waals surface area contributed by atoms with Crippen molar-refractivity contribution in [3.63, 3.8) is 0 Å². The van der Waals surface area contributed by atoms with Gasteiger partial charge in [0.05, 0.1) is 0 Å². The second-order valence-corrected chi connectivity index (χ2v) is 9.03. The molecule has 0 radical (unpaired) electrons. The first-order chi connectivity index (χ1) is 8.16. The third-order valence-electron chi connectivity index (χ3n) is 1.71. The lowest BCUT2D eigenvalue weighted by Crippen LogP contribution is -2.30. The molecule has 0 unspecified atom stereocenters. The van der Waals surface area contributed by atoms with Crippen LogP contribution in [-0.4, -0.2) is 77.6 Å². The van der Waals surface area contributed by atoms with Gasteiger partial charge in [0.1, 0.15) is 0 Å². The van der Waals surface area contributed by atoms with Crippen molar-refractivity contribution in [1.82, 2.24) is 9.80 Å². The Morgan fingerprint density at radius 2 is 1.06 bits per heavy atom. The summed E-state index contributed by atoms with van der Waals surface area (Å²) in [5, 5.41) is 1.33. The molecule has 0 heterocycles. The van der Waals surface area contributed by atoms with E-state index < -0.39 is 11.4 Å². The monoisotopic (exact) mass is 316 g/mol. The topological polar surface area (TPSA) is 42.0 Å². The van der Waals surface area contributed by atoms with Gasteiger partial charge in [-0.1, -0.05) is 0 Å². The maximum atomic E-state index is 11.9. The maximum absolute atomic E-state index is 11.9. The standard InChI is InChI=1S/C10H24N2O3S3/c1-11(2)9(16(5)6)14-18(13)15-10(12(3)4)17(7)8/h1-8H3. The van der Waals surface area contributed by atoms with Gasteiger partial charge in [-0.25, -0.2) is 8.37 Å². The van der Waals surface area contributed by atoms with Gasteiger partial charge < -0.3 is 0 Å². The molecule has 110 valence electrons. The SMILES string of the molecule is CN(C)C(OS(=O)OC(N(C)C)=S(C)C)=S(C)C. The number of hydrogen-bond acceptors (Lipinski definition) is 3. The van der Waals surface area contributed by atoms with Crippen molar-refractivity contribution in [2.24, 2.45) is 0 Å². The van der Waals surface area contributed by atoms with E-state index in [2.05, 4.69) is 0 Å².